The summed E-state index contributed by atoms with van der Waals surface area (Å²) < 4.78 is 37.2. The van der Waals surface area contributed by atoms with Crippen LogP contribution in [0.3, 0.4) is 0 Å². The van der Waals surface area contributed by atoms with Gasteiger partial charge in [0.2, 0.25) is 5.82 Å². The van der Waals surface area contributed by atoms with Crippen molar-refractivity contribution in [1.82, 2.24) is 15.3 Å². The van der Waals surface area contributed by atoms with E-state index in [9.17, 15) is 18.0 Å². The topological polar surface area (TPSA) is 57.8 Å². The Morgan fingerprint density at radius 3 is 2.56 bits per heavy atom. The van der Waals surface area contributed by atoms with E-state index in [1.807, 2.05) is 0 Å². The minimum Gasteiger partial charge on any atom is -0.316 e. The van der Waals surface area contributed by atoms with Crippen molar-refractivity contribution in [2.75, 3.05) is 13.1 Å². The molecule has 0 aromatic carbocycles. The van der Waals surface area contributed by atoms with Gasteiger partial charge in [-0.2, -0.15) is 13.2 Å². The van der Waals surface area contributed by atoms with E-state index < -0.39 is 17.6 Å². The van der Waals surface area contributed by atoms with Gasteiger partial charge in [0.15, 0.2) is 0 Å². The van der Waals surface area contributed by atoms with Crippen LogP contribution in [0.25, 0.3) is 0 Å². The molecule has 1 aromatic heterocycles. The molecule has 0 saturated carbocycles. The highest BCUT2D eigenvalue weighted by Crippen LogP contribution is 2.25. The summed E-state index contributed by atoms with van der Waals surface area (Å²) >= 11 is 0. The number of H-pyrrole nitrogens is 1. The summed E-state index contributed by atoms with van der Waals surface area (Å²) in [7, 11) is 0. The van der Waals surface area contributed by atoms with Gasteiger partial charge < -0.3 is 10.3 Å². The van der Waals surface area contributed by atoms with Crippen molar-refractivity contribution in [1.29, 1.82) is 0 Å². The van der Waals surface area contributed by atoms with E-state index in [4.69, 9.17) is 0 Å². The van der Waals surface area contributed by atoms with Crippen LogP contribution in [0.5, 0.6) is 0 Å². The summed E-state index contributed by atoms with van der Waals surface area (Å²) in [5, 5.41) is 3.01. The molecule has 0 radical (unpaired) electrons. The number of nitrogens with one attached hydrogen (secondary N) is 2. The molecule has 7 heteroatoms. The van der Waals surface area contributed by atoms with Crippen molar-refractivity contribution in [2.45, 2.75) is 19.0 Å². The first kappa shape index (κ1) is 11.1. The lowest BCUT2D eigenvalue weighted by atomic mass is 10.1. The van der Waals surface area contributed by atoms with E-state index in [0.29, 0.717) is 31.5 Å². The minimum absolute atomic E-state index is 0.251. The number of aromatic nitrogens is 2. The molecule has 4 nitrogen and oxygen atoms in total. The van der Waals surface area contributed by atoms with Crippen LogP contribution in [0.15, 0.2) is 4.79 Å². The average molecular weight is 233 g/mol. The van der Waals surface area contributed by atoms with E-state index in [1.165, 1.54) is 0 Å². The van der Waals surface area contributed by atoms with Crippen LogP contribution in [-0.2, 0) is 19.0 Å². The van der Waals surface area contributed by atoms with Crippen molar-refractivity contribution in [3.8, 4) is 0 Å². The number of rotatable bonds is 0. The highest BCUT2D eigenvalue weighted by atomic mass is 19.4. The predicted molar refractivity (Wildman–Crippen MR) is 50.1 cm³/mol. The molecule has 0 atom stereocenters. The Morgan fingerprint density at radius 2 is 1.88 bits per heavy atom. The summed E-state index contributed by atoms with van der Waals surface area (Å²) in [5.74, 6) is -1.21. The maximum absolute atomic E-state index is 12.4. The molecule has 0 aliphatic carbocycles. The van der Waals surface area contributed by atoms with Crippen molar-refractivity contribution in [3.05, 3.63) is 27.4 Å². The maximum atomic E-state index is 12.4. The first-order valence-electron chi connectivity index (χ1n) is 4.88. The van der Waals surface area contributed by atoms with Crippen LogP contribution in [0, 0.1) is 0 Å². The van der Waals surface area contributed by atoms with Gasteiger partial charge in [-0.25, -0.2) is 4.98 Å². The highest BCUT2D eigenvalue weighted by Gasteiger charge is 2.35. The lowest BCUT2D eigenvalue weighted by Gasteiger charge is -2.09. The van der Waals surface area contributed by atoms with Crippen molar-refractivity contribution in [3.63, 3.8) is 0 Å². The van der Waals surface area contributed by atoms with Gasteiger partial charge in [0.25, 0.3) is 5.56 Å². The van der Waals surface area contributed by atoms with Crippen molar-refractivity contribution >= 4 is 0 Å². The second kappa shape index (κ2) is 3.89. The summed E-state index contributed by atoms with van der Waals surface area (Å²) in [6.07, 6.45) is -3.84. The van der Waals surface area contributed by atoms with E-state index in [0.717, 1.165) is 0 Å². The molecule has 1 aliphatic rings. The van der Waals surface area contributed by atoms with Crippen LogP contribution < -0.4 is 10.9 Å². The number of nitrogens with zero attached hydrogens (tertiary/aromatic N) is 1. The van der Waals surface area contributed by atoms with Gasteiger partial charge in [-0.1, -0.05) is 0 Å². The van der Waals surface area contributed by atoms with Gasteiger partial charge in [-0.3, -0.25) is 4.79 Å². The zero-order valence-corrected chi connectivity index (χ0v) is 8.32. The fourth-order valence-corrected chi connectivity index (χ4v) is 1.69. The predicted octanol–water partition coefficient (Wildman–Crippen LogP) is 0.477. The fourth-order valence-electron chi connectivity index (χ4n) is 1.69. The third-order valence-electron chi connectivity index (χ3n) is 2.46. The molecule has 0 spiro atoms. The zero-order chi connectivity index (χ0) is 11.8. The Kier molecular flexibility index (Phi) is 2.71. The van der Waals surface area contributed by atoms with Crippen LogP contribution in [0.2, 0.25) is 0 Å². The number of alkyl halides is 3. The monoisotopic (exact) mass is 233 g/mol. The Balaban J connectivity index is 2.52. The molecule has 0 bridgehead atoms. The number of aromatic amines is 1. The molecular formula is C9H10F3N3O. The largest absolute Gasteiger partial charge is 0.449 e. The Bertz CT molecular complexity index is 452. The van der Waals surface area contributed by atoms with E-state index in [2.05, 4.69) is 10.3 Å². The molecule has 16 heavy (non-hydrogen) atoms. The Morgan fingerprint density at radius 1 is 1.19 bits per heavy atom. The summed E-state index contributed by atoms with van der Waals surface area (Å²) in [6.45, 7) is 1.13. The smallest absolute Gasteiger partial charge is 0.316 e. The molecule has 2 N–H and O–H groups in total. The first-order valence-corrected chi connectivity index (χ1v) is 4.88. The number of fused-ring (bicyclic) bond motifs is 1. The van der Waals surface area contributed by atoms with Gasteiger partial charge in [0.1, 0.15) is 0 Å². The molecule has 88 valence electrons. The molecule has 1 aliphatic heterocycles. The average Bonchev–Trinajstić information content (AvgIpc) is 2.41. The molecule has 0 saturated heterocycles. The molecule has 0 amide bonds. The van der Waals surface area contributed by atoms with Crippen LogP contribution in [0.4, 0.5) is 13.2 Å². The molecular weight excluding hydrogens is 223 g/mol. The quantitative estimate of drug-likeness (QED) is 0.685. The van der Waals surface area contributed by atoms with E-state index in [-0.39, 0.29) is 5.69 Å². The lowest BCUT2D eigenvalue weighted by Crippen LogP contribution is -2.24. The second-order valence-electron chi connectivity index (χ2n) is 3.59. The first-order chi connectivity index (χ1) is 7.48. The van der Waals surface area contributed by atoms with Gasteiger partial charge in [0, 0.05) is 18.5 Å². The maximum Gasteiger partial charge on any atom is 0.449 e. The third-order valence-corrected chi connectivity index (χ3v) is 2.46. The second-order valence-corrected chi connectivity index (χ2v) is 3.59. The highest BCUT2D eigenvalue weighted by molar-refractivity contribution is 5.20. The van der Waals surface area contributed by atoms with E-state index in [1.54, 1.807) is 4.98 Å². The summed E-state index contributed by atoms with van der Waals surface area (Å²) in [4.78, 5) is 16.7. The molecule has 1 aromatic rings. The number of hydrogen-bond donors (Lipinski definition) is 2. The minimum atomic E-state index is -4.60. The van der Waals surface area contributed by atoms with Gasteiger partial charge >= 0.3 is 6.18 Å². The van der Waals surface area contributed by atoms with Gasteiger partial charge in [-0.05, 0) is 13.0 Å². The van der Waals surface area contributed by atoms with Gasteiger partial charge in [-0.15, -0.1) is 0 Å². The van der Waals surface area contributed by atoms with Gasteiger partial charge in [0.05, 0.1) is 5.69 Å². The van der Waals surface area contributed by atoms with Crippen molar-refractivity contribution in [2.24, 2.45) is 0 Å². The molecule has 0 fully saturated rings. The van der Waals surface area contributed by atoms with Crippen molar-refractivity contribution < 1.29 is 13.2 Å². The number of hydrogen-bond acceptors (Lipinski definition) is 3. The van der Waals surface area contributed by atoms with Crippen LogP contribution >= 0.6 is 0 Å². The standard InChI is InChI=1S/C9H10F3N3O/c10-9(11,12)8-14-6-2-4-13-3-1-5(6)7(16)15-8/h13H,1-4H2,(H,14,15,16). The Hall–Kier alpha value is -1.37. The summed E-state index contributed by atoms with van der Waals surface area (Å²) in [5.41, 5.74) is -0.0694. The number of halogens is 3. The van der Waals surface area contributed by atoms with E-state index >= 15 is 0 Å². The molecule has 0 unspecified atom stereocenters. The molecule has 2 rings (SSSR count). The van der Waals surface area contributed by atoms with Crippen LogP contribution in [-0.4, -0.2) is 23.1 Å². The lowest BCUT2D eigenvalue weighted by molar-refractivity contribution is -0.145. The fraction of sp³-hybridized carbons (Fsp3) is 0.556. The normalized spacial score (nSPS) is 16.7. The third kappa shape index (κ3) is 2.08. The van der Waals surface area contributed by atoms with Crippen LogP contribution in [0.1, 0.15) is 17.1 Å². The summed E-state index contributed by atoms with van der Waals surface area (Å²) in [6, 6.07) is 0. The SMILES string of the molecule is O=c1[nH]c(C(F)(F)F)nc2c1CCNCC2. The zero-order valence-electron chi connectivity index (χ0n) is 8.32. The Labute approximate surface area is 88.9 Å². The molecule has 2 heterocycles.